The summed E-state index contributed by atoms with van der Waals surface area (Å²) in [5.74, 6) is -0.831. The molecule has 0 bridgehead atoms. The lowest BCUT2D eigenvalue weighted by Gasteiger charge is -2.33. The van der Waals surface area contributed by atoms with Crippen molar-refractivity contribution in [3.8, 4) is 0 Å². The third kappa shape index (κ3) is 3.70. The summed E-state index contributed by atoms with van der Waals surface area (Å²) in [5.41, 5.74) is -0.776. The van der Waals surface area contributed by atoms with Gasteiger partial charge in [-0.1, -0.05) is 48.6 Å². The first-order valence-corrected chi connectivity index (χ1v) is 8.58. The Morgan fingerprint density at radius 2 is 1.92 bits per heavy atom. The first-order valence-electron chi connectivity index (χ1n) is 8.58. The average molecular weight is 354 g/mol. The molecular weight excluding hydrogens is 332 g/mol. The average Bonchev–Trinajstić information content (AvgIpc) is 2.63. The van der Waals surface area contributed by atoms with Gasteiger partial charge in [0.15, 0.2) is 5.60 Å². The third-order valence-electron chi connectivity index (χ3n) is 4.50. The van der Waals surface area contributed by atoms with Gasteiger partial charge in [0.1, 0.15) is 6.10 Å². The summed E-state index contributed by atoms with van der Waals surface area (Å²) in [6.45, 7) is 1.76. The molecule has 0 aliphatic heterocycles. The number of aliphatic hydroxyl groups is 3. The summed E-state index contributed by atoms with van der Waals surface area (Å²) < 4.78 is 4.88. The van der Waals surface area contributed by atoms with Crippen LogP contribution in [0.15, 0.2) is 60.2 Å². The lowest BCUT2D eigenvalue weighted by atomic mass is 9.82. The molecular formula is C21H22O5. The highest BCUT2D eigenvalue weighted by atomic mass is 16.5. The number of carbonyl (C=O) groups excluding carboxylic acids is 1. The van der Waals surface area contributed by atoms with Gasteiger partial charge in [0.2, 0.25) is 0 Å². The van der Waals surface area contributed by atoms with Crippen molar-refractivity contribution >= 4 is 22.8 Å². The molecule has 1 aliphatic rings. The van der Waals surface area contributed by atoms with Crippen molar-refractivity contribution in [3.05, 3.63) is 65.8 Å². The van der Waals surface area contributed by atoms with Gasteiger partial charge in [-0.2, -0.15) is 0 Å². The van der Waals surface area contributed by atoms with Crippen LogP contribution in [0.25, 0.3) is 16.8 Å². The molecule has 136 valence electrons. The van der Waals surface area contributed by atoms with E-state index in [2.05, 4.69) is 0 Å². The number of carbonyl (C=O) groups is 1. The zero-order valence-corrected chi connectivity index (χ0v) is 14.5. The second-order valence-corrected chi connectivity index (χ2v) is 6.45. The summed E-state index contributed by atoms with van der Waals surface area (Å²) in [6, 6.07) is 13.9. The van der Waals surface area contributed by atoms with Crippen molar-refractivity contribution in [2.24, 2.45) is 0 Å². The highest BCUT2D eigenvalue weighted by molar-refractivity contribution is 5.85. The fourth-order valence-corrected chi connectivity index (χ4v) is 3.12. The number of ether oxygens (including phenoxy) is 1. The first kappa shape index (κ1) is 18.3. The Hall–Kier alpha value is -2.47. The molecule has 3 atom stereocenters. The highest BCUT2D eigenvalue weighted by Crippen LogP contribution is 2.30. The maximum absolute atomic E-state index is 12.0. The molecule has 5 nitrogen and oxygen atoms in total. The molecule has 0 aromatic heterocycles. The Morgan fingerprint density at radius 1 is 1.19 bits per heavy atom. The van der Waals surface area contributed by atoms with Crippen molar-refractivity contribution in [3.63, 3.8) is 0 Å². The smallest absolute Gasteiger partial charge is 0.342 e. The number of aliphatic hydroxyl groups excluding tert-OH is 2. The van der Waals surface area contributed by atoms with Crippen LogP contribution >= 0.6 is 0 Å². The second-order valence-electron chi connectivity index (χ2n) is 6.45. The summed E-state index contributed by atoms with van der Waals surface area (Å²) in [6.07, 6.45) is 1.89. The lowest BCUT2D eigenvalue weighted by Crippen LogP contribution is -2.48. The van der Waals surface area contributed by atoms with Gasteiger partial charge >= 0.3 is 5.97 Å². The molecule has 0 amide bonds. The number of rotatable bonds is 4. The van der Waals surface area contributed by atoms with Crippen LogP contribution in [0.1, 0.15) is 18.9 Å². The molecule has 3 N–H and O–H groups in total. The van der Waals surface area contributed by atoms with Crippen LogP contribution < -0.4 is 0 Å². The van der Waals surface area contributed by atoms with E-state index >= 15 is 0 Å². The van der Waals surface area contributed by atoms with Gasteiger partial charge in [-0.05, 0) is 41.0 Å². The van der Waals surface area contributed by atoms with Gasteiger partial charge in [-0.25, -0.2) is 4.79 Å². The van der Waals surface area contributed by atoms with Crippen LogP contribution in [0.5, 0.6) is 0 Å². The molecule has 0 saturated carbocycles. The van der Waals surface area contributed by atoms with E-state index in [1.807, 2.05) is 42.5 Å². The minimum absolute atomic E-state index is 0.121. The van der Waals surface area contributed by atoms with E-state index in [4.69, 9.17) is 4.74 Å². The van der Waals surface area contributed by atoms with Crippen LogP contribution in [0.4, 0.5) is 0 Å². The minimum Gasteiger partial charge on any atom is -0.464 e. The normalized spacial score (nSPS) is 26.1. The maximum Gasteiger partial charge on any atom is 0.342 e. The molecule has 3 rings (SSSR count). The predicted molar refractivity (Wildman–Crippen MR) is 99.3 cm³/mol. The van der Waals surface area contributed by atoms with E-state index in [0.29, 0.717) is 0 Å². The van der Waals surface area contributed by atoms with Crippen molar-refractivity contribution < 1.29 is 24.9 Å². The second kappa shape index (κ2) is 7.41. The van der Waals surface area contributed by atoms with Crippen LogP contribution in [0, 0.1) is 0 Å². The zero-order valence-electron chi connectivity index (χ0n) is 14.5. The predicted octanol–water partition coefficient (Wildman–Crippen LogP) is 2.20. The van der Waals surface area contributed by atoms with Crippen molar-refractivity contribution in [1.29, 1.82) is 0 Å². The quantitative estimate of drug-likeness (QED) is 0.733. The molecule has 5 heteroatoms. The molecule has 26 heavy (non-hydrogen) atoms. The van der Waals surface area contributed by atoms with Gasteiger partial charge in [0, 0.05) is 6.42 Å². The zero-order chi connectivity index (χ0) is 18.7. The molecule has 1 aliphatic carbocycles. The third-order valence-corrected chi connectivity index (χ3v) is 4.50. The van der Waals surface area contributed by atoms with Crippen LogP contribution in [0.3, 0.4) is 0 Å². The first-order chi connectivity index (χ1) is 12.4. The molecule has 0 heterocycles. The Labute approximate surface area is 151 Å². The van der Waals surface area contributed by atoms with E-state index in [1.54, 1.807) is 19.1 Å². The van der Waals surface area contributed by atoms with Crippen molar-refractivity contribution in [2.75, 3.05) is 6.61 Å². The molecule has 2 aromatic rings. The number of hydrogen-bond donors (Lipinski definition) is 3. The summed E-state index contributed by atoms with van der Waals surface area (Å²) in [7, 11) is 0. The Kier molecular flexibility index (Phi) is 5.23. The molecule has 0 saturated heterocycles. The molecule has 0 fully saturated rings. The van der Waals surface area contributed by atoms with Crippen LogP contribution in [0.2, 0.25) is 0 Å². The van der Waals surface area contributed by atoms with E-state index in [1.165, 1.54) is 6.08 Å². The van der Waals surface area contributed by atoms with E-state index in [-0.39, 0.29) is 18.6 Å². The van der Waals surface area contributed by atoms with Crippen LogP contribution in [-0.2, 0) is 9.53 Å². The SMILES string of the molecule is CCOC(=O)[C@]1(O)C=C(/C=C/c2ccc3ccccc3c2)[C@@H](O)C(O)C1. The number of hydrogen-bond acceptors (Lipinski definition) is 5. The summed E-state index contributed by atoms with van der Waals surface area (Å²) in [5, 5.41) is 33.0. The summed E-state index contributed by atoms with van der Waals surface area (Å²) >= 11 is 0. The minimum atomic E-state index is -1.95. The standard InChI is InChI=1S/C21H22O5/c1-2-26-20(24)21(25)12-17(19(23)18(22)13-21)10-8-14-7-9-15-5-3-4-6-16(15)11-14/h3-12,18-19,22-23,25H,2,13H2,1H3/b10-8+/t18?,19-,21+/m1/s1. The van der Waals surface area contributed by atoms with Gasteiger partial charge in [-0.3, -0.25) is 0 Å². The molecule has 0 spiro atoms. The molecule has 0 radical (unpaired) electrons. The largest absolute Gasteiger partial charge is 0.464 e. The van der Waals surface area contributed by atoms with E-state index in [0.717, 1.165) is 16.3 Å². The topological polar surface area (TPSA) is 87.0 Å². The monoisotopic (exact) mass is 354 g/mol. The van der Waals surface area contributed by atoms with Gasteiger partial charge in [0.25, 0.3) is 0 Å². The Bertz CT molecular complexity index is 870. The lowest BCUT2D eigenvalue weighted by molar-refractivity contribution is -0.165. The number of benzene rings is 2. The summed E-state index contributed by atoms with van der Waals surface area (Å²) in [4.78, 5) is 12.0. The van der Waals surface area contributed by atoms with Gasteiger partial charge in [0.05, 0.1) is 12.7 Å². The number of esters is 1. The van der Waals surface area contributed by atoms with Crippen molar-refractivity contribution in [1.82, 2.24) is 0 Å². The number of fused-ring (bicyclic) bond motifs is 1. The Morgan fingerprint density at radius 3 is 2.65 bits per heavy atom. The highest BCUT2D eigenvalue weighted by Gasteiger charge is 2.44. The molecule has 1 unspecified atom stereocenters. The maximum atomic E-state index is 12.0. The van der Waals surface area contributed by atoms with Gasteiger partial charge < -0.3 is 20.1 Å². The van der Waals surface area contributed by atoms with E-state index in [9.17, 15) is 20.1 Å². The molecule has 2 aromatic carbocycles. The van der Waals surface area contributed by atoms with E-state index < -0.39 is 23.8 Å². The fourth-order valence-electron chi connectivity index (χ4n) is 3.12. The van der Waals surface area contributed by atoms with Crippen LogP contribution in [-0.4, -0.2) is 45.7 Å². The Balaban J connectivity index is 1.90. The fraction of sp³-hybridized carbons (Fsp3) is 0.286. The van der Waals surface area contributed by atoms with Gasteiger partial charge in [-0.15, -0.1) is 0 Å². The van der Waals surface area contributed by atoms with Crippen molar-refractivity contribution in [2.45, 2.75) is 31.2 Å².